The fraction of sp³-hybridized carbons (Fsp3) is 0.280. The van der Waals surface area contributed by atoms with Crippen LogP contribution in [0, 0.1) is 12.8 Å². The monoisotopic (exact) mass is 404 g/mol. The molecule has 0 heterocycles. The van der Waals surface area contributed by atoms with Crippen LogP contribution in [0.25, 0.3) is 10.8 Å². The van der Waals surface area contributed by atoms with Gasteiger partial charge in [-0.3, -0.25) is 9.59 Å². The summed E-state index contributed by atoms with van der Waals surface area (Å²) in [7, 11) is 1.65. The Morgan fingerprint density at radius 2 is 1.60 bits per heavy atom. The first-order valence-corrected chi connectivity index (χ1v) is 10.1. The summed E-state index contributed by atoms with van der Waals surface area (Å²) in [6, 6.07) is 18.6. The molecule has 0 radical (unpaired) electrons. The van der Waals surface area contributed by atoms with E-state index in [1.54, 1.807) is 19.2 Å². The van der Waals surface area contributed by atoms with E-state index >= 15 is 0 Å². The average Bonchev–Trinajstić information content (AvgIpc) is 2.75. The van der Waals surface area contributed by atoms with Gasteiger partial charge in [-0.1, -0.05) is 49.7 Å². The van der Waals surface area contributed by atoms with Gasteiger partial charge in [-0.05, 0) is 59.5 Å². The van der Waals surface area contributed by atoms with E-state index in [0.29, 0.717) is 12.1 Å². The molecule has 3 aromatic carbocycles. The summed E-state index contributed by atoms with van der Waals surface area (Å²) >= 11 is 0. The highest BCUT2D eigenvalue weighted by molar-refractivity contribution is 5.97. The number of amides is 2. The van der Waals surface area contributed by atoms with E-state index < -0.39 is 6.04 Å². The second-order valence-corrected chi connectivity index (χ2v) is 7.83. The van der Waals surface area contributed by atoms with Gasteiger partial charge in [-0.15, -0.1) is 0 Å². The van der Waals surface area contributed by atoms with E-state index in [2.05, 4.69) is 10.6 Å². The molecule has 0 saturated carbocycles. The van der Waals surface area contributed by atoms with Crippen molar-refractivity contribution in [2.24, 2.45) is 5.92 Å². The summed E-state index contributed by atoms with van der Waals surface area (Å²) in [5.41, 5.74) is 2.62. The van der Waals surface area contributed by atoms with Gasteiger partial charge in [-0.2, -0.15) is 0 Å². The molecule has 2 amide bonds. The van der Waals surface area contributed by atoms with Crippen LogP contribution in [0.4, 0.5) is 0 Å². The third kappa shape index (κ3) is 5.17. The van der Waals surface area contributed by atoms with Gasteiger partial charge in [0.15, 0.2) is 0 Å². The number of benzene rings is 3. The molecule has 3 rings (SSSR count). The molecule has 0 bridgehead atoms. The fourth-order valence-electron chi connectivity index (χ4n) is 3.27. The Kier molecular flexibility index (Phi) is 6.72. The van der Waals surface area contributed by atoms with Gasteiger partial charge in [0, 0.05) is 12.1 Å². The zero-order valence-corrected chi connectivity index (χ0v) is 17.9. The Balaban J connectivity index is 1.65. The van der Waals surface area contributed by atoms with Crippen LogP contribution < -0.4 is 15.4 Å². The molecule has 0 fully saturated rings. The first-order valence-electron chi connectivity index (χ1n) is 10.1. The van der Waals surface area contributed by atoms with Crippen molar-refractivity contribution in [1.82, 2.24) is 10.6 Å². The molecule has 156 valence electrons. The van der Waals surface area contributed by atoms with Crippen LogP contribution in [0.15, 0.2) is 60.7 Å². The Hall–Kier alpha value is -3.34. The highest BCUT2D eigenvalue weighted by Crippen LogP contribution is 2.22. The summed E-state index contributed by atoms with van der Waals surface area (Å²) in [6.07, 6.45) is 0. The van der Waals surface area contributed by atoms with E-state index in [0.717, 1.165) is 27.6 Å². The van der Waals surface area contributed by atoms with Crippen molar-refractivity contribution in [3.63, 3.8) is 0 Å². The average molecular weight is 405 g/mol. The summed E-state index contributed by atoms with van der Waals surface area (Å²) in [4.78, 5) is 25.3. The van der Waals surface area contributed by atoms with Crippen molar-refractivity contribution in [2.45, 2.75) is 33.4 Å². The van der Waals surface area contributed by atoms with Gasteiger partial charge in [0.05, 0.1) is 7.11 Å². The SMILES string of the molecule is COc1ccc2cc(CNC(=O)[C@@H](NC(=O)c3ccc(C)cc3)C(C)C)ccc2c1. The standard InChI is InChI=1S/C25H28N2O3/c1-16(2)23(27-24(28)19-8-5-17(3)6-9-19)25(29)26-15-18-7-10-21-14-22(30-4)12-11-20(21)13-18/h5-14,16,23H,15H2,1-4H3,(H,26,29)(H,27,28)/t23-/m0/s1. The van der Waals surface area contributed by atoms with Gasteiger partial charge < -0.3 is 15.4 Å². The summed E-state index contributed by atoms with van der Waals surface area (Å²) in [5, 5.41) is 7.98. The van der Waals surface area contributed by atoms with Crippen LogP contribution in [0.3, 0.4) is 0 Å². The van der Waals surface area contributed by atoms with Crippen molar-refractivity contribution < 1.29 is 14.3 Å². The minimum absolute atomic E-state index is 0.0385. The molecule has 0 unspecified atom stereocenters. The quantitative estimate of drug-likeness (QED) is 0.619. The maximum absolute atomic E-state index is 12.8. The van der Waals surface area contributed by atoms with E-state index in [4.69, 9.17) is 4.74 Å². The highest BCUT2D eigenvalue weighted by Gasteiger charge is 2.24. The zero-order valence-electron chi connectivity index (χ0n) is 17.9. The maximum Gasteiger partial charge on any atom is 0.251 e. The van der Waals surface area contributed by atoms with Crippen molar-refractivity contribution in [1.29, 1.82) is 0 Å². The highest BCUT2D eigenvalue weighted by atomic mass is 16.5. The Labute approximate surface area is 177 Å². The Morgan fingerprint density at radius 3 is 2.27 bits per heavy atom. The molecule has 0 saturated heterocycles. The number of carbonyl (C=O) groups is 2. The van der Waals surface area contributed by atoms with Crippen LogP contribution in [0.1, 0.15) is 35.3 Å². The van der Waals surface area contributed by atoms with Crippen LogP contribution in [-0.2, 0) is 11.3 Å². The molecule has 0 aliphatic rings. The van der Waals surface area contributed by atoms with Crippen molar-refractivity contribution in [2.75, 3.05) is 7.11 Å². The van der Waals surface area contributed by atoms with Crippen LogP contribution in [0.5, 0.6) is 5.75 Å². The third-order valence-corrected chi connectivity index (χ3v) is 5.13. The molecule has 5 heteroatoms. The lowest BCUT2D eigenvalue weighted by Crippen LogP contribution is -2.49. The zero-order chi connectivity index (χ0) is 21.7. The minimum Gasteiger partial charge on any atom is -0.497 e. The Bertz CT molecular complexity index is 1040. The van der Waals surface area contributed by atoms with Gasteiger partial charge in [0.2, 0.25) is 5.91 Å². The van der Waals surface area contributed by atoms with Crippen LogP contribution in [-0.4, -0.2) is 25.0 Å². The molecule has 2 N–H and O–H groups in total. The van der Waals surface area contributed by atoms with Crippen molar-refractivity contribution in [3.05, 3.63) is 77.4 Å². The lowest BCUT2D eigenvalue weighted by atomic mass is 10.0. The van der Waals surface area contributed by atoms with Gasteiger partial charge in [-0.25, -0.2) is 0 Å². The van der Waals surface area contributed by atoms with Crippen molar-refractivity contribution in [3.8, 4) is 5.75 Å². The van der Waals surface area contributed by atoms with Gasteiger partial charge >= 0.3 is 0 Å². The summed E-state index contributed by atoms with van der Waals surface area (Å²) in [6.45, 7) is 6.20. The first-order chi connectivity index (χ1) is 14.4. The molecular formula is C25H28N2O3. The minimum atomic E-state index is -0.608. The number of methoxy groups -OCH3 is 1. The molecule has 0 aromatic heterocycles. The van der Waals surface area contributed by atoms with E-state index in [-0.39, 0.29) is 17.7 Å². The number of carbonyl (C=O) groups excluding carboxylic acids is 2. The number of fused-ring (bicyclic) bond motifs is 1. The second kappa shape index (κ2) is 9.44. The van der Waals surface area contributed by atoms with Crippen LogP contribution in [0.2, 0.25) is 0 Å². The molecule has 0 spiro atoms. The number of hydrogen-bond acceptors (Lipinski definition) is 3. The largest absolute Gasteiger partial charge is 0.497 e. The number of aryl methyl sites for hydroxylation is 1. The molecule has 1 atom stereocenters. The second-order valence-electron chi connectivity index (χ2n) is 7.83. The smallest absolute Gasteiger partial charge is 0.251 e. The number of ether oxygens (including phenoxy) is 1. The Morgan fingerprint density at radius 1 is 0.933 bits per heavy atom. The number of rotatable bonds is 7. The lowest BCUT2D eigenvalue weighted by molar-refractivity contribution is -0.124. The van der Waals surface area contributed by atoms with E-state index in [1.807, 2.05) is 69.3 Å². The number of nitrogens with one attached hydrogen (secondary N) is 2. The molecular weight excluding hydrogens is 376 g/mol. The van der Waals surface area contributed by atoms with E-state index in [1.165, 1.54) is 0 Å². The lowest BCUT2D eigenvalue weighted by Gasteiger charge is -2.22. The first kappa shape index (κ1) is 21.4. The predicted molar refractivity (Wildman–Crippen MR) is 120 cm³/mol. The molecule has 3 aromatic rings. The van der Waals surface area contributed by atoms with Gasteiger partial charge in [0.25, 0.3) is 5.91 Å². The molecule has 0 aliphatic heterocycles. The fourth-order valence-corrected chi connectivity index (χ4v) is 3.27. The normalized spacial score (nSPS) is 11.9. The third-order valence-electron chi connectivity index (χ3n) is 5.13. The van der Waals surface area contributed by atoms with Crippen molar-refractivity contribution >= 4 is 22.6 Å². The van der Waals surface area contributed by atoms with Crippen LogP contribution >= 0.6 is 0 Å². The predicted octanol–water partition coefficient (Wildman–Crippen LogP) is 4.23. The number of hydrogen-bond donors (Lipinski definition) is 2. The molecule has 30 heavy (non-hydrogen) atoms. The summed E-state index contributed by atoms with van der Waals surface area (Å²) in [5.74, 6) is 0.333. The molecule has 0 aliphatic carbocycles. The maximum atomic E-state index is 12.8. The molecule has 5 nitrogen and oxygen atoms in total. The summed E-state index contributed by atoms with van der Waals surface area (Å²) < 4.78 is 5.26. The van der Waals surface area contributed by atoms with Gasteiger partial charge in [0.1, 0.15) is 11.8 Å². The topological polar surface area (TPSA) is 67.4 Å². The van der Waals surface area contributed by atoms with E-state index in [9.17, 15) is 9.59 Å².